The van der Waals surface area contributed by atoms with Crippen LogP contribution in [0, 0.1) is 17.2 Å². The topological polar surface area (TPSA) is 20.2 Å². The second-order valence-electron chi connectivity index (χ2n) is 5.99. The first-order valence-electron chi connectivity index (χ1n) is 6.42. The maximum Gasteiger partial charge on any atom is 0.129 e. The summed E-state index contributed by atoms with van der Waals surface area (Å²) in [6.07, 6.45) is 3.65. The van der Waals surface area contributed by atoms with E-state index in [1.165, 1.54) is 12.5 Å². The summed E-state index contributed by atoms with van der Waals surface area (Å²) in [5.74, 6) is -0.0981. The zero-order chi connectivity index (χ0) is 12.5. The molecular weight excluding hydrogens is 251 g/mol. The lowest BCUT2D eigenvalue weighted by Crippen LogP contribution is -2.27. The van der Waals surface area contributed by atoms with E-state index < -0.39 is 6.10 Å². The van der Waals surface area contributed by atoms with Crippen LogP contribution < -0.4 is 0 Å². The number of hydrogen-bond donors (Lipinski definition) is 1. The molecule has 0 saturated heterocycles. The van der Waals surface area contributed by atoms with Gasteiger partial charge < -0.3 is 5.11 Å². The van der Waals surface area contributed by atoms with Crippen LogP contribution in [0.25, 0.3) is 0 Å². The lowest BCUT2D eigenvalue weighted by Gasteiger charge is -2.37. The van der Waals surface area contributed by atoms with Gasteiger partial charge in [-0.15, -0.1) is 12.4 Å². The van der Waals surface area contributed by atoms with Crippen LogP contribution in [0.15, 0.2) is 24.3 Å². The Balaban J connectivity index is 0.00000162. The molecule has 0 heterocycles. The van der Waals surface area contributed by atoms with E-state index in [4.69, 9.17) is 0 Å². The predicted molar refractivity (Wildman–Crippen MR) is 74.3 cm³/mol. The Morgan fingerprint density at radius 1 is 1.33 bits per heavy atom. The second-order valence-corrected chi connectivity index (χ2v) is 5.99. The number of hydrogen-bond acceptors (Lipinski definition) is 1. The van der Waals surface area contributed by atoms with Gasteiger partial charge in [-0.2, -0.15) is 0 Å². The van der Waals surface area contributed by atoms with Gasteiger partial charge >= 0.3 is 0 Å². The minimum absolute atomic E-state index is 0. The quantitative estimate of drug-likeness (QED) is 0.841. The summed E-state index contributed by atoms with van der Waals surface area (Å²) >= 11 is 0. The summed E-state index contributed by atoms with van der Waals surface area (Å²) in [6, 6.07) is 6.57. The maximum atomic E-state index is 13.6. The van der Waals surface area contributed by atoms with Crippen LogP contribution in [0.4, 0.5) is 4.39 Å². The van der Waals surface area contributed by atoms with E-state index in [-0.39, 0.29) is 29.6 Å². The minimum atomic E-state index is -0.657. The highest BCUT2D eigenvalue weighted by Crippen LogP contribution is 2.43. The Morgan fingerprint density at radius 2 is 2.00 bits per heavy atom. The van der Waals surface area contributed by atoms with Crippen LogP contribution in [-0.2, 0) is 0 Å². The molecule has 0 unspecified atom stereocenters. The molecule has 1 aromatic carbocycles. The molecule has 1 nitrogen and oxygen atoms in total. The summed E-state index contributed by atoms with van der Waals surface area (Å²) in [5.41, 5.74) is 0.727. The molecule has 1 saturated carbocycles. The molecule has 2 rings (SSSR count). The standard InChI is InChI=1S/C15H21FO.ClH/c1-15(2)9-5-6-11(10-15)14(17)12-7-3-4-8-13(12)16;/h3-4,7-8,11,14,17H,5-6,9-10H2,1-2H3;1H/t11-,14-;/m1./s1. The molecule has 2 atom stereocenters. The van der Waals surface area contributed by atoms with Crippen molar-refractivity contribution >= 4 is 12.4 Å². The number of rotatable bonds is 2. The lowest BCUT2D eigenvalue weighted by molar-refractivity contribution is 0.0437. The van der Waals surface area contributed by atoms with E-state index in [1.807, 2.05) is 0 Å². The Bertz CT molecular complexity index is 392. The summed E-state index contributed by atoms with van der Waals surface area (Å²) in [4.78, 5) is 0. The van der Waals surface area contributed by atoms with Crippen molar-refractivity contribution in [1.29, 1.82) is 0 Å². The largest absolute Gasteiger partial charge is 0.388 e. The van der Waals surface area contributed by atoms with Gasteiger partial charge in [0, 0.05) is 5.56 Å². The molecular formula is C15H22ClFO. The van der Waals surface area contributed by atoms with Crippen LogP contribution in [0.5, 0.6) is 0 Å². The number of aliphatic hydroxyl groups excluding tert-OH is 1. The fraction of sp³-hybridized carbons (Fsp3) is 0.600. The molecule has 0 aromatic heterocycles. The second kappa shape index (κ2) is 6.03. The summed E-state index contributed by atoms with van der Waals surface area (Å²) in [7, 11) is 0. The number of halogens is 2. The van der Waals surface area contributed by atoms with E-state index >= 15 is 0 Å². The van der Waals surface area contributed by atoms with E-state index in [2.05, 4.69) is 13.8 Å². The van der Waals surface area contributed by atoms with Crippen molar-refractivity contribution in [2.45, 2.75) is 45.6 Å². The minimum Gasteiger partial charge on any atom is -0.388 e. The van der Waals surface area contributed by atoms with Gasteiger partial charge in [-0.1, -0.05) is 38.5 Å². The van der Waals surface area contributed by atoms with Crippen LogP contribution >= 0.6 is 12.4 Å². The van der Waals surface area contributed by atoms with Gasteiger partial charge in [0.1, 0.15) is 5.82 Å². The molecule has 3 heteroatoms. The van der Waals surface area contributed by atoms with E-state index in [0.29, 0.717) is 5.56 Å². The van der Waals surface area contributed by atoms with Crippen molar-refractivity contribution < 1.29 is 9.50 Å². The Labute approximate surface area is 115 Å². The van der Waals surface area contributed by atoms with Gasteiger partial charge in [0.25, 0.3) is 0 Å². The monoisotopic (exact) mass is 272 g/mol. The van der Waals surface area contributed by atoms with Crippen molar-refractivity contribution in [3.63, 3.8) is 0 Å². The Kier molecular flexibility index (Phi) is 5.18. The van der Waals surface area contributed by atoms with E-state index in [0.717, 1.165) is 19.3 Å². The molecule has 1 fully saturated rings. The zero-order valence-corrected chi connectivity index (χ0v) is 11.8. The van der Waals surface area contributed by atoms with E-state index in [9.17, 15) is 9.50 Å². The molecule has 18 heavy (non-hydrogen) atoms. The average Bonchev–Trinajstić information content (AvgIpc) is 2.27. The SMILES string of the molecule is CC1(C)CCC[C@@H]([C@@H](O)c2ccccc2F)C1.Cl. The van der Waals surface area contributed by atoms with Gasteiger partial charge in [0.05, 0.1) is 6.10 Å². The third kappa shape index (κ3) is 3.46. The third-order valence-corrected chi connectivity index (χ3v) is 3.91. The fourth-order valence-electron chi connectivity index (χ4n) is 3.00. The Morgan fingerprint density at radius 3 is 2.61 bits per heavy atom. The lowest BCUT2D eigenvalue weighted by atomic mass is 9.70. The highest BCUT2D eigenvalue weighted by Gasteiger charge is 2.33. The summed E-state index contributed by atoms with van der Waals surface area (Å²) < 4.78 is 13.6. The van der Waals surface area contributed by atoms with Gasteiger partial charge in [0.15, 0.2) is 0 Å². The molecule has 1 aliphatic carbocycles. The van der Waals surface area contributed by atoms with Gasteiger partial charge in [-0.05, 0) is 36.7 Å². The number of benzene rings is 1. The maximum absolute atomic E-state index is 13.6. The fourth-order valence-corrected chi connectivity index (χ4v) is 3.00. The van der Waals surface area contributed by atoms with Crippen LogP contribution in [-0.4, -0.2) is 5.11 Å². The smallest absolute Gasteiger partial charge is 0.129 e. The molecule has 102 valence electrons. The molecule has 1 aromatic rings. The molecule has 0 radical (unpaired) electrons. The zero-order valence-electron chi connectivity index (χ0n) is 11.0. The van der Waals surface area contributed by atoms with Crippen molar-refractivity contribution in [2.24, 2.45) is 11.3 Å². The molecule has 1 aliphatic rings. The highest BCUT2D eigenvalue weighted by molar-refractivity contribution is 5.85. The molecule has 0 bridgehead atoms. The van der Waals surface area contributed by atoms with Crippen LogP contribution in [0.2, 0.25) is 0 Å². The first-order chi connectivity index (χ1) is 7.99. The first-order valence-corrected chi connectivity index (χ1v) is 6.42. The highest BCUT2D eigenvalue weighted by atomic mass is 35.5. The number of aliphatic hydroxyl groups is 1. The van der Waals surface area contributed by atoms with Gasteiger partial charge in [0.2, 0.25) is 0 Å². The van der Waals surface area contributed by atoms with Crippen molar-refractivity contribution in [2.75, 3.05) is 0 Å². The predicted octanol–water partition coefficient (Wildman–Crippen LogP) is 4.50. The van der Waals surface area contributed by atoms with Gasteiger partial charge in [-0.25, -0.2) is 4.39 Å². The average molecular weight is 273 g/mol. The van der Waals surface area contributed by atoms with Crippen LogP contribution in [0.1, 0.15) is 51.2 Å². The molecule has 0 aliphatic heterocycles. The normalized spacial score (nSPS) is 24.1. The summed E-state index contributed by atoms with van der Waals surface area (Å²) in [5, 5.41) is 10.3. The van der Waals surface area contributed by atoms with Crippen molar-refractivity contribution in [1.82, 2.24) is 0 Å². The van der Waals surface area contributed by atoms with Gasteiger partial charge in [-0.3, -0.25) is 0 Å². The van der Waals surface area contributed by atoms with Crippen molar-refractivity contribution in [3.05, 3.63) is 35.6 Å². The Hall–Kier alpha value is -0.600. The van der Waals surface area contributed by atoms with Crippen molar-refractivity contribution in [3.8, 4) is 0 Å². The first kappa shape index (κ1) is 15.5. The molecule has 1 N–H and O–H groups in total. The molecule has 0 spiro atoms. The molecule has 0 amide bonds. The van der Waals surface area contributed by atoms with Crippen LogP contribution in [0.3, 0.4) is 0 Å². The summed E-state index contributed by atoms with van der Waals surface area (Å²) in [6.45, 7) is 4.46. The van der Waals surface area contributed by atoms with E-state index in [1.54, 1.807) is 18.2 Å². The third-order valence-electron chi connectivity index (χ3n) is 3.91.